The molecule has 114 valence electrons. The molecular weight excluding hydrogens is 252 g/mol. The van der Waals surface area contributed by atoms with Crippen molar-refractivity contribution in [1.82, 2.24) is 9.88 Å². The van der Waals surface area contributed by atoms with E-state index in [2.05, 4.69) is 32.2 Å². The topological polar surface area (TPSA) is 43.3 Å². The molecule has 0 saturated heterocycles. The second-order valence-corrected chi connectivity index (χ2v) is 5.09. The molecule has 4 heteroatoms. The van der Waals surface area contributed by atoms with Gasteiger partial charge in [0.1, 0.15) is 6.54 Å². The average Bonchev–Trinajstić information content (AvgIpc) is 2.87. The number of nitrogens with zero attached hydrogens (tertiary/aromatic N) is 1. The summed E-state index contributed by atoms with van der Waals surface area (Å²) in [5, 5.41) is 3.48. The molecule has 0 aromatic carbocycles. The van der Waals surface area contributed by atoms with Crippen LogP contribution in [-0.2, 0) is 16.1 Å². The number of aromatic nitrogens is 1. The molecule has 1 atom stereocenters. The molecule has 1 aromatic heterocycles. The lowest BCUT2D eigenvalue weighted by Gasteiger charge is -2.15. The Morgan fingerprint density at radius 1 is 1.35 bits per heavy atom. The van der Waals surface area contributed by atoms with Gasteiger partial charge in [0.2, 0.25) is 0 Å². The normalized spacial score (nSPS) is 12.3. The van der Waals surface area contributed by atoms with E-state index in [1.54, 1.807) is 0 Å². The Balaban J connectivity index is 2.50. The number of carbonyl (C=O) groups is 1. The van der Waals surface area contributed by atoms with Crippen LogP contribution >= 0.6 is 0 Å². The molecule has 20 heavy (non-hydrogen) atoms. The fourth-order valence-electron chi connectivity index (χ4n) is 2.21. The third-order valence-electron chi connectivity index (χ3n) is 3.28. The third kappa shape index (κ3) is 5.78. The largest absolute Gasteiger partial charge is 0.464 e. The number of unbranched alkanes of at least 4 members (excludes halogenated alkanes) is 1. The van der Waals surface area contributed by atoms with Crippen LogP contribution in [0, 0.1) is 0 Å². The van der Waals surface area contributed by atoms with Crippen molar-refractivity contribution in [3.05, 3.63) is 24.0 Å². The van der Waals surface area contributed by atoms with Crippen molar-refractivity contribution in [3.63, 3.8) is 0 Å². The first-order valence-corrected chi connectivity index (χ1v) is 7.75. The molecule has 4 nitrogen and oxygen atoms in total. The van der Waals surface area contributed by atoms with Gasteiger partial charge in [-0.05, 0) is 31.0 Å². The van der Waals surface area contributed by atoms with Gasteiger partial charge >= 0.3 is 5.97 Å². The van der Waals surface area contributed by atoms with Crippen molar-refractivity contribution in [2.45, 2.75) is 59.0 Å². The van der Waals surface area contributed by atoms with E-state index in [0.717, 1.165) is 32.2 Å². The number of hydrogen-bond acceptors (Lipinski definition) is 3. The van der Waals surface area contributed by atoms with E-state index < -0.39 is 0 Å². The van der Waals surface area contributed by atoms with E-state index in [9.17, 15) is 4.79 Å². The minimum Gasteiger partial charge on any atom is -0.464 e. The zero-order chi connectivity index (χ0) is 14.8. The van der Waals surface area contributed by atoms with E-state index >= 15 is 0 Å². The first-order valence-electron chi connectivity index (χ1n) is 7.75. The molecule has 0 radical (unpaired) electrons. The highest BCUT2D eigenvalue weighted by Gasteiger charge is 2.11. The molecule has 1 aromatic rings. The molecule has 0 amide bonds. The summed E-state index contributed by atoms with van der Waals surface area (Å²) < 4.78 is 7.08. The molecule has 0 bridgehead atoms. The molecule has 0 spiro atoms. The van der Waals surface area contributed by atoms with E-state index in [0.29, 0.717) is 19.2 Å². The summed E-state index contributed by atoms with van der Waals surface area (Å²) in [7, 11) is 0. The van der Waals surface area contributed by atoms with Crippen LogP contribution in [-0.4, -0.2) is 23.7 Å². The van der Waals surface area contributed by atoms with Gasteiger partial charge in [0.15, 0.2) is 0 Å². The van der Waals surface area contributed by atoms with Crippen molar-refractivity contribution >= 4 is 5.97 Å². The lowest BCUT2D eigenvalue weighted by atomic mass is 10.1. The summed E-state index contributed by atoms with van der Waals surface area (Å²) in [6.45, 7) is 8.17. The van der Waals surface area contributed by atoms with Crippen molar-refractivity contribution in [1.29, 1.82) is 0 Å². The van der Waals surface area contributed by atoms with Crippen LogP contribution in [0.3, 0.4) is 0 Å². The third-order valence-corrected chi connectivity index (χ3v) is 3.28. The van der Waals surface area contributed by atoms with Crippen LogP contribution in [0.2, 0.25) is 0 Å². The Kier molecular flexibility index (Phi) is 8.04. The van der Waals surface area contributed by atoms with E-state index in [-0.39, 0.29) is 5.97 Å². The number of ether oxygens (including phenoxy) is 1. The van der Waals surface area contributed by atoms with Crippen molar-refractivity contribution < 1.29 is 9.53 Å². The first kappa shape index (κ1) is 16.8. The number of esters is 1. The van der Waals surface area contributed by atoms with Gasteiger partial charge in [-0.3, -0.25) is 4.79 Å². The van der Waals surface area contributed by atoms with Crippen LogP contribution in [0.1, 0.15) is 58.1 Å². The van der Waals surface area contributed by atoms with Crippen LogP contribution in [0.5, 0.6) is 0 Å². The summed E-state index contributed by atoms with van der Waals surface area (Å²) in [4.78, 5) is 11.7. The predicted octanol–water partition coefficient (Wildman–Crippen LogP) is 3.28. The molecule has 0 saturated carbocycles. The monoisotopic (exact) mass is 280 g/mol. The highest BCUT2D eigenvalue weighted by atomic mass is 16.5. The Hall–Kier alpha value is -1.29. The molecule has 1 unspecified atom stereocenters. The molecule has 1 N–H and O–H groups in total. The predicted molar refractivity (Wildman–Crippen MR) is 81.6 cm³/mol. The number of rotatable bonds is 10. The van der Waals surface area contributed by atoms with Crippen LogP contribution in [0.25, 0.3) is 0 Å². The standard InChI is InChI=1S/C16H28N2O2/c1-4-7-11-20-16(19)13-18-10-9-14(12-18)15(8-5-2)17-6-3/h9-10,12,15,17H,4-8,11,13H2,1-3H3. The van der Waals surface area contributed by atoms with E-state index in [1.807, 2.05) is 17.0 Å². The van der Waals surface area contributed by atoms with Gasteiger partial charge in [-0.2, -0.15) is 0 Å². The van der Waals surface area contributed by atoms with Crippen molar-refractivity contribution in [3.8, 4) is 0 Å². The van der Waals surface area contributed by atoms with Crippen LogP contribution in [0.15, 0.2) is 18.5 Å². The second-order valence-electron chi connectivity index (χ2n) is 5.09. The van der Waals surface area contributed by atoms with E-state index in [4.69, 9.17) is 4.74 Å². The maximum absolute atomic E-state index is 11.7. The number of hydrogen-bond donors (Lipinski definition) is 1. The summed E-state index contributed by atoms with van der Waals surface area (Å²) in [6.07, 6.45) is 8.23. The first-order chi connectivity index (χ1) is 9.71. The zero-order valence-corrected chi connectivity index (χ0v) is 13.0. The van der Waals surface area contributed by atoms with Gasteiger partial charge < -0.3 is 14.6 Å². The quantitative estimate of drug-likeness (QED) is 0.528. The molecule has 0 aliphatic heterocycles. The average molecular weight is 280 g/mol. The van der Waals surface area contributed by atoms with E-state index in [1.165, 1.54) is 5.56 Å². The fourth-order valence-corrected chi connectivity index (χ4v) is 2.21. The second kappa shape index (κ2) is 9.59. The summed E-state index contributed by atoms with van der Waals surface area (Å²) >= 11 is 0. The molecule has 1 heterocycles. The number of nitrogens with one attached hydrogen (secondary N) is 1. The molecular formula is C16H28N2O2. The maximum atomic E-state index is 11.7. The van der Waals surface area contributed by atoms with Crippen LogP contribution < -0.4 is 5.32 Å². The van der Waals surface area contributed by atoms with Gasteiger partial charge in [-0.15, -0.1) is 0 Å². The Morgan fingerprint density at radius 3 is 2.80 bits per heavy atom. The molecule has 0 aliphatic rings. The Bertz CT molecular complexity index is 382. The lowest BCUT2D eigenvalue weighted by Crippen LogP contribution is -2.20. The molecule has 0 fully saturated rings. The maximum Gasteiger partial charge on any atom is 0.325 e. The Labute approximate surface area is 122 Å². The van der Waals surface area contributed by atoms with Gasteiger partial charge in [0.25, 0.3) is 0 Å². The molecule has 1 rings (SSSR count). The fraction of sp³-hybridized carbons (Fsp3) is 0.688. The van der Waals surface area contributed by atoms with Gasteiger partial charge in [-0.25, -0.2) is 0 Å². The smallest absolute Gasteiger partial charge is 0.325 e. The highest BCUT2D eigenvalue weighted by molar-refractivity contribution is 5.69. The van der Waals surface area contributed by atoms with Gasteiger partial charge in [0, 0.05) is 18.4 Å². The van der Waals surface area contributed by atoms with Gasteiger partial charge in [-0.1, -0.05) is 33.6 Å². The summed E-state index contributed by atoms with van der Waals surface area (Å²) in [5.41, 5.74) is 1.25. The Morgan fingerprint density at radius 2 is 2.15 bits per heavy atom. The minimum absolute atomic E-state index is 0.156. The zero-order valence-electron chi connectivity index (χ0n) is 13.0. The highest BCUT2D eigenvalue weighted by Crippen LogP contribution is 2.18. The summed E-state index contributed by atoms with van der Waals surface area (Å²) in [6, 6.07) is 2.46. The van der Waals surface area contributed by atoms with Crippen molar-refractivity contribution in [2.75, 3.05) is 13.2 Å². The SMILES string of the molecule is CCCCOC(=O)Cn1ccc(C(CCC)NCC)c1. The number of carbonyl (C=O) groups excluding carboxylic acids is 1. The van der Waals surface area contributed by atoms with Crippen LogP contribution in [0.4, 0.5) is 0 Å². The minimum atomic E-state index is -0.156. The lowest BCUT2D eigenvalue weighted by molar-refractivity contribution is -0.144. The molecule has 0 aliphatic carbocycles. The van der Waals surface area contributed by atoms with Gasteiger partial charge in [0.05, 0.1) is 6.61 Å². The van der Waals surface area contributed by atoms with Crippen molar-refractivity contribution in [2.24, 2.45) is 0 Å². The summed E-state index contributed by atoms with van der Waals surface area (Å²) in [5.74, 6) is -0.156.